The summed E-state index contributed by atoms with van der Waals surface area (Å²) in [5.41, 5.74) is 0.853. The maximum Gasteiger partial charge on any atom is 0.282 e. The molecule has 0 fully saturated rings. The number of carbonyl (C=O) groups excluding carboxylic acids is 1. The molecule has 0 atom stereocenters. The summed E-state index contributed by atoms with van der Waals surface area (Å²) in [5, 5.41) is 4.08. The van der Waals surface area contributed by atoms with E-state index in [4.69, 9.17) is 11.6 Å². The van der Waals surface area contributed by atoms with Gasteiger partial charge in [-0.25, -0.2) is 18.4 Å². The summed E-state index contributed by atoms with van der Waals surface area (Å²) in [5.74, 6) is 0.313. The van der Waals surface area contributed by atoms with Crippen molar-refractivity contribution >= 4 is 17.9 Å². The van der Waals surface area contributed by atoms with Gasteiger partial charge in [-0.05, 0) is 18.6 Å². The number of carbonyl (C=O) groups is 1. The highest BCUT2D eigenvalue weighted by Gasteiger charge is 2.18. The predicted molar refractivity (Wildman–Crippen MR) is 70.5 cm³/mol. The lowest BCUT2D eigenvalue weighted by Gasteiger charge is -2.09. The Balaban J connectivity index is 2.60. The molecule has 2 aromatic rings. The quantitative estimate of drug-likeness (QED) is 0.629. The highest BCUT2D eigenvalue weighted by atomic mass is 35.5. The van der Waals surface area contributed by atoms with E-state index in [1.54, 1.807) is 12.1 Å². The first kappa shape index (κ1) is 14.6. The van der Waals surface area contributed by atoms with Crippen LogP contribution < -0.4 is 0 Å². The molecule has 0 aliphatic rings. The minimum atomic E-state index is -2.66. The number of hydrogen-bond acceptors (Lipinski definition) is 3. The van der Waals surface area contributed by atoms with Crippen LogP contribution in [0, 0.1) is 0 Å². The largest absolute Gasteiger partial charge is 0.303 e. The lowest BCUT2D eigenvalue weighted by Crippen LogP contribution is -2.08. The summed E-state index contributed by atoms with van der Waals surface area (Å²) in [7, 11) is 0. The molecule has 0 bridgehead atoms. The normalized spacial score (nSPS) is 11.1. The van der Waals surface area contributed by atoms with Crippen molar-refractivity contribution in [1.29, 1.82) is 0 Å². The molecule has 0 radical (unpaired) electrons. The molecule has 0 aliphatic carbocycles. The van der Waals surface area contributed by atoms with Crippen molar-refractivity contribution < 1.29 is 13.6 Å². The summed E-state index contributed by atoms with van der Waals surface area (Å²) >= 11 is 5.84. The van der Waals surface area contributed by atoms with Crippen LogP contribution in [0.1, 0.15) is 30.3 Å². The van der Waals surface area contributed by atoms with Crippen molar-refractivity contribution in [3.63, 3.8) is 0 Å². The van der Waals surface area contributed by atoms with Crippen molar-refractivity contribution in [3.8, 4) is 5.82 Å². The van der Waals surface area contributed by atoms with Gasteiger partial charge < -0.3 is 4.79 Å². The van der Waals surface area contributed by atoms with Crippen molar-refractivity contribution in [2.24, 2.45) is 0 Å². The van der Waals surface area contributed by atoms with Crippen LogP contribution in [0.15, 0.2) is 18.2 Å². The summed E-state index contributed by atoms with van der Waals surface area (Å²) in [4.78, 5) is 14.8. The molecular formula is C13H12ClF2N3O. The molecular weight excluding hydrogens is 288 g/mol. The number of halogens is 3. The van der Waals surface area contributed by atoms with E-state index in [1.165, 1.54) is 10.7 Å². The second-order valence-corrected chi connectivity index (χ2v) is 4.50. The Morgan fingerprint density at radius 3 is 2.80 bits per heavy atom. The highest BCUT2D eigenvalue weighted by molar-refractivity contribution is 6.29. The third-order valence-electron chi connectivity index (χ3n) is 2.81. The average molecular weight is 300 g/mol. The zero-order valence-electron chi connectivity index (χ0n) is 10.7. The molecule has 0 spiro atoms. The predicted octanol–water partition coefficient (Wildman–Crippen LogP) is 3.16. The Kier molecular flexibility index (Phi) is 4.44. The molecule has 2 rings (SSSR count). The van der Waals surface area contributed by atoms with Crippen LogP contribution in [0.3, 0.4) is 0 Å². The third-order valence-corrected chi connectivity index (χ3v) is 3.02. The molecule has 2 aromatic heterocycles. The van der Waals surface area contributed by atoms with Crippen LogP contribution >= 0.6 is 11.6 Å². The molecule has 0 aliphatic heterocycles. The van der Waals surface area contributed by atoms with Gasteiger partial charge in [0.05, 0.1) is 0 Å². The van der Waals surface area contributed by atoms with Gasteiger partial charge in [-0.2, -0.15) is 5.10 Å². The van der Waals surface area contributed by atoms with Crippen molar-refractivity contribution in [1.82, 2.24) is 14.8 Å². The number of rotatable bonds is 5. The van der Waals surface area contributed by atoms with Gasteiger partial charge >= 0.3 is 0 Å². The van der Waals surface area contributed by atoms with Gasteiger partial charge in [-0.1, -0.05) is 24.6 Å². The fourth-order valence-electron chi connectivity index (χ4n) is 1.87. The lowest BCUT2D eigenvalue weighted by atomic mass is 10.2. The summed E-state index contributed by atoms with van der Waals surface area (Å²) in [6, 6.07) is 4.52. The molecule has 20 heavy (non-hydrogen) atoms. The smallest absolute Gasteiger partial charge is 0.282 e. The molecule has 106 valence electrons. The summed E-state index contributed by atoms with van der Waals surface area (Å²) in [6.07, 6.45) is -1.31. The molecule has 0 aromatic carbocycles. The molecule has 0 saturated heterocycles. The van der Waals surface area contributed by atoms with Gasteiger partial charge in [0.25, 0.3) is 6.43 Å². The number of nitrogens with zero attached hydrogens (tertiary/aromatic N) is 3. The Hall–Kier alpha value is -1.82. The van der Waals surface area contributed by atoms with Crippen LogP contribution in [0.5, 0.6) is 0 Å². The second-order valence-electron chi connectivity index (χ2n) is 4.11. The van der Waals surface area contributed by atoms with Crippen LogP contribution in [0.25, 0.3) is 5.82 Å². The Morgan fingerprint density at radius 1 is 1.45 bits per heavy atom. The van der Waals surface area contributed by atoms with E-state index in [0.717, 1.165) is 6.29 Å². The van der Waals surface area contributed by atoms with Crippen molar-refractivity contribution in [3.05, 3.63) is 40.3 Å². The maximum absolute atomic E-state index is 12.8. The summed E-state index contributed by atoms with van der Waals surface area (Å²) in [6.45, 7) is 1.83. The van der Waals surface area contributed by atoms with E-state index < -0.39 is 6.43 Å². The van der Waals surface area contributed by atoms with Crippen LogP contribution in [0.4, 0.5) is 8.78 Å². The topological polar surface area (TPSA) is 47.8 Å². The van der Waals surface area contributed by atoms with E-state index in [0.29, 0.717) is 23.5 Å². The van der Waals surface area contributed by atoms with Gasteiger partial charge in [-0.15, -0.1) is 0 Å². The van der Waals surface area contributed by atoms with Gasteiger partial charge in [-0.3, -0.25) is 0 Å². The van der Waals surface area contributed by atoms with Crippen LogP contribution in [-0.4, -0.2) is 21.1 Å². The van der Waals surface area contributed by atoms with E-state index in [9.17, 15) is 13.6 Å². The molecule has 2 heterocycles. The van der Waals surface area contributed by atoms with E-state index >= 15 is 0 Å². The summed E-state index contributed by atoms with van der Waals surface area (Å²) < 4.78 is 26.8. The zero-order valence-corrected chi connectivity index (χ0v) is 11.4. The number of pyridine rings is 1. The number of aldehydes is 1. The van der Waals surface area contributed by atoms with Crippen LogP contribution in [0.2, 0.25) is 5.15 Å². The van der Waals surface area contributed by atoms with Gasteiger partial charge in [0, 0.05) is 17.7 Å². The fraction of sp³-hybridized carbons (Fsp3) is 0.308. The minimum Gasteiger partial charge on any atom is -0.303 e. The van der Waals surface area contributed by atoms with E-state index in [2.05, 4.69) is 10.1 Å². The molecule has 0 saturated carbocycles. The van der Waals surface area contributed by atoms with E-state index in [1.807, 2.05) is 6.92 Å². The number of aromatic nitrogens is 3. The molecule has 4 nitrogen and oxygen atoms in total. The lowest BCUT2D eigenvalue weighted by molar-refractivity contribution is -0.107. The number of hydrogen-bond donors (Lipinski definition) is 0. The Morgan fingerprint density at radius 2 is 2.20 bits per heavy atom. The first-order valence-corrected chi connectivity index (χ1v) is 6.41. The SMILES string of the molecule is CCc1cc(C(F)F)nn1-c1nc(Cl)ccc1CC=O. The average Bonchev–Trinajstić information content (AvgIpc) is 2.85. The number of aryl methyl sites for hydroxylation is 1. The zero-order chi connectivity index (χ0) is 14.7. The Labute approximate surface area is 119 Å². The molecule has 0 unspecified atom stereocenters. The van der Waals surface area contributed by atoms with Crippen LogP contribution in [-0.2, 0) is 17.6 Å². The minimum absolute atomic E-state index is 0.118. The first-order chi connectivity index (χ1) is 9.56. The standard InChI is InChI=1S/C13H12ClF2N3O/c1-2-9-7-10(12(15)16)18-19(9)13-8(5-6-20)3-4-11(14)17-13/h3-4,6-7,12H,2,5H2,1H3. The molecule has 0 amide bonds. The third kappa shape index (κ3) is 2.85. The molecule has 0 N–H and O–H groups in total. The number of alkyl halides is 2. The fourth-order valence-corrected chi connectivity index (χ4v) is 2.01. The first-order valence-electron chi connectivity index (χ1n) is 6.03. The van der Waals surface area contributed by atoms with E-state index in [-0.39, 0.29) is 17.3 Å². The second kappa shape index (κ2) is 6.09. The highest BCUT2D eigenvalue weighted by Crippen LogP contribution is 2.23. The van der Waals surface area contributed by atoms with Crippen molar-refractivity contribution in [2.75, 3.05) is 0 Å². The molecule has 7 heteroatoms. The van der Waals surface area contributed by atoms with Gasteiger partial charge in [0.15, 0.2) is 5.82 Å². The van der Waals surface area contributed by atoms with Gasteiger partial charge in [0.2, 0.25) is 0 Å². The Bertz CT molecular complexity index is 628. The maximum atomic E-state index is 12.8. The van der Waals surface area contributed by atoms with Gasteiger partial charge in [0.1, 0.15) is 17.1 Å². The monoisotopic (exact) mass is 299 g/mol. The van der Waals surface area contributed by atoms with Crippen molar-refractivity contribution in [2.45, 2.75) is 26.2 Å².